The van der Waals surface area contributed by atoms with E-state index in [1.54, 1.807) is 18.7 Å². The standard InChI is InChI=1S/C11H18N4S2/c1-3-9-14-10(17-15-9)16-7-5-4-6-11(2,13)8-12/h3-7,13H2,1-2H3. The second-order valence-corrected chi connectivity index (χ2v) is 6.26. The molecule has 0 aliphatic carbocycles. The summed E-state index contributed by atoms with van der Waals surface area (Å²) < 4.78 is 5.27. The molecule has 2 N–H and O–H groups in total. The summed E-state index contributed by atoms with van der Waals surface area (Å²) >= 11 is 3.20. The van der Waals surface area contributed by atoms with Gasteiger partial charge in [-0.3, -0.25) is 0 Å². The van der Waals surface area contributed by atoms with Gasteiger partial charge in [-0.05, 0) is 37.7 Å². The molecule has 0 aliphatic heterocycles. The third-order valence-electron chi connectivity index (χ3n) is 2.34. The number of nitrogens with zero attached hydrogens (tertiary/aromatic N) is 3. The highest BCUT2D eigenvalue weighted by molar-refractivity contribution is 8.00. The first kappa shape index (κ1) is 14.4. The van der Waals surface area contributed by atoms with Gasteiger partial charge in [0, 0.05) is 12.2 Å². The number of nitrogens with two attached hydrogens (primary N) is 1. The summed E-state index contributed by atoms with van der Waals surface area (Å²) in [7, 11) is 0. The Balaban J connectivity index is 2.15. The maximum atomic E-state index is 8.76. The first-order valence-corrected chi connectivity index (χ1v) is 7.49. The van der Waals surface area contributed by atoms with E-state index in [0.717, 1.165) is 41.6 Å². The molecule has 0 saturated heterocycles. The lowest BCUT2D eigenvalue weighted by Gasteiger charge is -2.13. The van der Waals surface area contributed by atoms with Crippen molar-refractivity contribution >= 4 is 23.3 Å². The van der Waals surface area contributed by atoms with E-state index in [9.17, 15) is 0 Å². The Bertz CT molecular complexity index is 381. The topological polar surface area (TPSA) is 75.6 Å². The lowest BCUT2D eigenvalue weighted by Crippen LogP contribution is -2.33. The highest BCUT2D eigenvalue weighted by atomic mass is 32.2. The van der Waals surface area contributed by atoms with Crippen molar-refractivity contribution in [2.24, 2.45) is 5.73 Å². The van der Waals surface area contributed by atoms with E-state index in [-0.39, 0.29) is 0 Å². The van der Waals surface area contributed by atoms with Gasteiger partial charge in [-0.1, -0.05) is 18.7 Å². The third kappa shape index (κ3) is 5.48. The van der Waals surface area contributed by atoms with Gasteiger partial charge >= 0.3 is 0 Å². The highest BCUT2D eigenvalue weighted by Crippen LogP contribution is 2.22. The predicted octanol–water partition coefficient (Wildman–Crippen LogP) is 2.60. The minimum atomic E-state index is -0.678. The molecule has 0 amide bonds. The first-order valence-electron chi connectivity index (χ1n) is 5.73. The Morgan fingerprint density at radius 2 is 2.29 bits per heavy atom. The number of unbranched alkanes of at least 4 members (excludes halogenated alkanes) is 1. The Labute approximate surface area is 111 Å². The average molecular weight is 270 g/mol. The molecule has 1 aromatic heterocycles. The van der Waals surface area contributed by atoms with Crippen LogP contribution in [0.5, 0.6) is 0 Å². The molecule has 4 nitrogen and oxygen atoms in total. The molecule has 0 aromatic carbocycles. The van der Waals surface area contributed by atoms with Crippen LogP contribution in [0.3, 0.4) is 0 Å². The van der Waals surface area contributed by atoms with E-state index in [1.165, 1.54) is 11.5 Å². The molecule has 1 unspecified atom stereocenters. The molecule has 0 bridgehead atoms. The van der Waals surface area contributed by atoms with Crippen LogP contribution in [-0.2, 0) is 6.42 Å². The molecule has 0 spiro atoms. The maximum absolute atomic E-state index is 8.76. The molecule has 6 heteroatoms. The molecular weight excluding hydrogens is 252 g/mol. The fraction of sp³-hybridized carbons (Fsp3) is 0.727. The molecule has 1 heterocycles. The van der Waals surface area contributed by atoms with Crippen molar-refractivity contribution in [2.45, 2.75) is 49.4 Å². The van der Waals surface area contributed by atoms with Crippen LogP contribution in [0.4, 0.5) is 0 Å². The molecular formula is C11H18N4S2. The molecule has 0 radical (unpaired) electrons. The molecule has 17 heavy (non-hydrogen) atoms. The Morgan fingerprint density at radius 1 is 1.53 bits per heavy atom. The van der Waals surface area contributed by atoms with Crippen LogP contribution in [0.1, 0.15) is 38.9 Å². The zero-order valence-electron chi connectivity index (χ0n) is 10.3. The SMILES string of the molecule is CCc1nsc(SCCCCC(C)(N)C#N)n1. The van der Waals surface area contributed by atoms with E-state index in [1.807, 2.05) is 0 Å². The van der Waals surface area contributed by atoms with Crippen LogP contribution in [0, 0.1) is 11.3 Å². The molecule has 1 rings (SSSR count). The van der Waals surface area contributed by atoms with Crippen LogP contribution in [0.15, 0.2) is 4.34 Å². The van der Waals surface area contributed by atoms with Crippen molar-refractivity contribution in [2.75, 3.05) is 5.75 Å². The predicted molar refractivity (Wildman–Crippen MR) is 72.1 cm³/mol. The van der Waals surface area contributed by atoms with Crippen molar-refractivity contribution in [3.8, 4) is 6.07 Å². The van der Waals surface area contributed by atoms with Crippen molar-refractivity contribution in [1.29, 1.82) is 5.26 Å². The van der Waals surface area contributed by atoms with Gasteiger partial charge in [0.15, 0.2) is 4.34 Å². The van der Waals surface area contributed by atoms with E-state index in [0.29, 0.717) is 0 Å². The van der Waals surface area contributed by atoms with E-state index < -0.39 is 5.54 Å². The molecule has 0 aliphatic rings. The minimum absolute atomic E-state index is 0.678. The fourth-order valence-electron chi connectivity index (χ4n) is 1.25. The molecule has 1 aromatic rings. The normalized spacial score (nSPS) is 14.2. The molecule has 94 valence electrons. The number of hydrogen-bond donors (Lipinski definition) is 1. The Kier molecular flexibility index (Phi) is 5.89. The van der Waals surface area contributed by atoms with Gasteiger partial charge < -0.3 is 5.73 Å². The quantitative estimate of drug-likeness (QED) is 0.609. The van der Waals surface area contributed by atoms with Crippen molar-refractivity contribution in [1.82, 2.24) is 9.36 Å². The highest BCUT2D eigenvalue weighted by Gasteiger charge is 2.15. The van der Waals surface area contributed by atoms with Crippen LogP contribution in [0.2, 0.25) is 0 Å². The molecule has 0 fully saturated rings. The van der Waals surface area contributed by atoms with Gasteiger partial charge in [0.25, 0.3) is 0 Å². The third-order valence-corrected chi connectivity index (χ3v) is 4.29. The van der Waals surface area contributed by atoms with Crippen LogP contribution < -0.4 is 5.73 Å². The van der Waals surface area contributed by atoms with Gasteiger partial charge in [0.1, 0.15) is 11.4 Å². The van der Waals surface area contributed by atoms with E-state index in [2.05, 4.69) is 22.4 Å². The van der Waals surface area contributed by atoms with Crippen molar-refractivity contribution in [3.63, 3.8) is 0 Å². The summed E-state index contributed by atoms with van der Waals surface area (Å²) in [5.41, 5.74) is 5.06. The lowest BCUT2D eigenvalue weighted by molar-refractivity contribution is 0.519. The van der Waals surface area contributed by atoms with Crippen LogP contribution in [-0.4, -0.2) is 20.6 Å². The summed E-state index contributed by atoms with van der Waals surface area (Å²) in [6.07, 6.45) is 3.68. The van der Waals surface area contributed by atoms with Gasteiger partial charge in [0.05, 0.1) is 6.07 Å². The minimum Gasteiger partial charge on any atom is -0.314 e. The van der Waals surface area contributed by atoms with Crippen molar-refractivity contribution < 1.29 is 0 Å². The molecule has 0 saturated carbocycles. The van der Waals surface area contributed by atoms with Crippen LogP contribution in [0.25, 0.3) is 0 Å². The van der Waals surface area contributed by atoms with Gasteiger partial charge in [-0.25, -0.2) is 4.98 Å². The van der Waals surface area contributed by atoms with Gasteiger partial charge in [-0.15, -0.1) is 0 Å². The summed E-state index contributed by atoms with van der Waals surface area (Å²) in [6.45, 7) is 3.83. The molecule has 1 atom stereocenters. The monoisotopic (exact) mass is 270 g/mol. The second kappa shape index (κ2) is 6.94. The summed E-state index contributed by atoms with van der Waals surface area (Å²) in [5.74, 6) is 1.94. The summed E-state index contributed by atoms with van der Waals surface area (Å²) in [4.78, 5) is 4.38. The number of thioether (sulfide) groups is 1. The average Bonchev–Trinajstić information content (AvgIpc) is 2.76. The van der Waals surface area contributed by atoms with Crippen molar-refractivity contribution in [3.05, 3.63) is 5.82 Å². The Morgan fingerprint density at radius 3 is 2.88 bits per heavy atom. The lowest BCUT2D eigenvalue weighted by atomic mass is 9.99. The maximum Gasteiger partial charge on any atom is 0.170 e. The van der Waals surface area contributed by atoms with E-state index >= 15 is 0 Å². The number of hydrogen-bond acceptors (Lipinski definition) is 6. The smallest absolute Gasteiger partial charge is 0.170 e. The zero-order chi connectivity index (χ0) is 12.7. The number of aryl methyl sites for hydroxylation is 1. The van der Waals surface area contributed by atoms with Gasteiger partial charge in [-0.2, -0.15) is 9.64 Å². The zero-order valence-corrected chi connectivity index (χ0v) is 11.9. The largest absolute Gasteiger partial charge is 0.314 e. The number of nitriles is 1. The van der Waals surface area contributed by atoms with E-state index in [4.69, 9.17) is 11.0 Å². The number of rotatable bonds is 7. The number of aromatic nitrogens is 2. The summed E-state index contributed by atoms with van der Waals surface area (Å²) in [5, 5.41) is 8.76. The Hall–Kier alpha value is -0.640. The fourth-order valence-corrected chi connectivity index (χ4v) is 3.02. The van der Waals surface area contributed by atoms with Crippen LogP contribution >= 0.6 is 23.3 Å². The van der Waals surface area contributed by atoms with Gasteiger partial charge in [0.2, 0.25) is 0 Å². The second-order valence-electron chi connectivity index (χ2n) is 4.16. The summed E-state index contributed by atoms with van der Waals surface area (Å²) in [6, 6.07) is 2.11. The first-order chi connectivity index (χ1) is 8.07.